The standard InChI is InChI=1S/C22H22F2N2O3/c23-19-10-17(26-18(13-27)14-29-22(26)28)11-20(24)21(19)16-6-8-25(9-7-16)12-15-4-2-1-3-5-15/h1-6,10-11,18,27H,7-9,12-14H2/t18-/m0/s1. The van der Waals surface area contributed by atoms with Crippen molar-refractivity contribution in [1.29, 1.82) is 0 Å². The Morgan fingerprint density at radius 1 is 1.14 bits per heavy atom. The van der Waals surface area contributed by atoms with E-state index in [1.807, 2.05) is 24.3 Å². The Morgan fingerprint density at radius 2 is 1.86 bits per heavy atom. The van der Waals surface area contributed by atoms with Gasteiger partial charge in [0.1, 0.15) is 18.2 Å². The Labute approximate surface area is 167 Å². The largest absolute Gasteiger partial charge is 0.447 e. The molecular weight excluding hydrogens is 378 g/mol. The Kier molecular flexibility index (Phi) is 5.60. The number of anilines is 1. The Balaban J connectivity index is 1.53. The van der Waals surface area contributed by atoms with Crippen molar-refractivity contribution in [3.8, 4) is 0 Å². The third-order valence-corrected chi connectivity index (χ3v) is 5.34. The Morgan fingerprint density at radius 3 is 2.48 bits per heavy atom. The number of halogens is 2. The highest BCUT2D eigenvalue weighted by Crippen LogP contribution is 2.32. The number of amides is 1. The zero-order valence-corrected chi connectivity index (χ0v) is 15.9. The van der Waals surface area contributed by atoms with Gasteiger partial charge in [-0.1, -0.05) is 36.4 Å². The zero-order chi connectivity index (χ0) is 20.4. The SMILES string of the molecule is O=C1OC[C@H](CO)N1c1cc(F)c(C2=CCN(Cc3ccccc3)CC2)c(F)c1. The molecule has 5 nitrogen and oxygen atoms in total. The number of ether oxygens (including phenoxy) is 1. The summed E-state index contributed by atoms with van der Waals surface area (Å²) in [6.07, 6.45) is 1.67. The molecule has 29 heavy (non-hydrogen) atoms. The molecule has 0 radical (unpaired) electrons. The van der Waals surface area contributed by atoms with Crippen LogP contribution in [0.3, 0.4) is 0 Å². The van der Waals surface area contributed by atoms with Crippen LogP contribution in [0.4, 0.5) is 19.3 Å². The summed E-state index contributed by atoms with van der Waals surface area (Å²) < 4.78 is 34.5. The number of aliphatic hydroxyl groups is 1. The van der Waals surface area contributed by atoms with Crippen molar-refractivity contribution in [2.75, 3.05) is 31.2 Å². The number of rotatable bonds is 5. The van der Waals surface area contributed by atoms with Crippen molar-refractivity contribution in [3.63, 3.8) is 0 Å². The van der Waals surface area contributed by atoms with E-state index < -0.39 is 23.8 Å². The molecule has 1 atom stereocenters. The molecule has 1 fully saturated rings. The second kappa shape index (κ2) is 8.31. The van der Waals surface area contributed by atoms with Gasteiger partial charge < -0.3 is 9.84 Å². The van der Waals surface area contributed by atoms with Gasteiger partial charge in [0.2, 0.25) is 0 Å². The predicted molar refractivity (Wildman–Crippen MR) is 105 cm³/mol. The lowest BCUT2D eigenvalue weighted by atomic mass is 9.97. The van der Waals surface area contributed by atoms with Gasteiger partial charge in [-0.15, -0.1) is 0 Å². The highest BCUT2D eigenvalue weighted by atomic mass is 19.1. The van der Waals surface area contributed by atoms with Crippen LogP contribution >= 0.6 is 0 Å². The van der Waals surface area contributed by atoms with Crippen LogP contribution in [0, 0.1) is 11.6 Å². The fraction of sp³-hybridized carbons (Fsp3) is 0.318. The van der Waals surface area contributed by atoms with E-state index in [4.69, 9.17) is 4.74 Å². The first kappa shape index (κ1) is 19.5. The van der Waals surface area contributed by atoms with Crippen LogP contribution < -0.4 is 4.90 Å². The normalized spacial score (nSPS) is 20.0. The quantitative estimate of drug-likeness (QED) is 0.834. The molecule has 0 aromatic heterocycles. The topological polar surface area (TPSA) is 53.0 Å². The molecule has 2 aliphatic heterocycles. The monoisotopic (exact) mass is 400 g/mol. The van der Waals surface area contributed by atoms with Gasteiger partial charge in [0.05, 0.1) is 18.3 Å². The number of aliphatic hydroxyl groups excluding tert-OH is 1. The molecule has 4 rings (SSSR count). The summed E-state index contributed by atoms with van der Waals surface area (Å²) in [4.78, 5) is 15.2. The summed E-state index contributed by atoms with van der Waals surface area (Å²) in [6.45, 7) is 1.73. The molecule has 1 saturated heterocycles. The molecule has 152 valence electrons. The summed E-state index contributed by atoms with van der Waals surface area (Å²) >= 11 is 0. The first-order valence-electron chi connectivity index (χ1n) is 9.58. The van der Waals surface area contributed by atoms with E-state index in [9.17, 15) is 18.7 Å². The van der Waals surface area contributed by atoms with E-state index in [1.54, 1.807) is 0 Å². The Bertz CT molecular complexity index is 910. The molecule has 1 N–H and O–H groups in total. The molecule has 2 heterocycles. The molecule has 0 aliphatic carbocycles. The van der Waals surface area contributed by atoms with E-state index in [0.29, 0.717) is 25.1 Å². The van der Waals surface area contributed by atoms with Gasteiger partial charge in [-0.25, -0.2) is 13.6 Å². The molecule has 0 unspecified atom stereocenters. The summed E-state index contributed by atoms with van der Waals surface area (Å²) in [7, 11) is 0. The van der Waals surface area contributed by atoms with Crippen LogP contribution in [-0.4, -0.2) is 48.4 Å². The van der Waals surface area contributed by atoms with E-state index in [0.717, 1.165) is 23.6 Å². The van der Waals surface area contributed by atoms with Crippen LogP contribution in [0.15, 0.2) is 48.5 Å². The number of hydrogen-bond acceptors (Lipinski definition) is 4. The number of hydrogen-bond donors (Lipinski definition) is 1. The van der Waals surface area contributed by atoms with E-state index in [2.05, 4.69) is 17.0 Å². The van der Waals surface area contributed by atoms with Gasteiger partial charge in [0, 0.05) is 25.2 Å². The zero-order valence-electron chi connectivity index (χ0n) is 15.9. The van der Waals surface area contributed by atoms with Crippen molar-refractivity contribution in [3.05, 3.63) is 71.3 Å². The second-order valence-corrected chi connectivity index (χ2v) is 7.27. The lowest BCUT2D eigenvalue weighted by Crippen LogP contribution is -2.36. The number of carbonyl (C=O) groups is 1. The Hall–Kier alpha value is -2.77. The third-order valence-electron chi connectivity index (χ3n) is 5.34. The molecule has 7 heteroatoms. The lowest BCUT2D eigenvalue weighted by molar-refractivity contribution is 0.174. The van der Waals surface area contributed by atoms with Gasteiger partial charge in [-0.05, 0) is 29.7 Å². The molecular formula is C22H22F2N2O3. The minimum Gasteiger partial charge on any atom is -0.447 e. The van der Waals surface area contributed by atoms with Crippen molar-refractivity contribution < 1.29 is 23.4 Å². The maximum atomic E-state index is 14.8. The van der Waals surface area contributed by atoms with Gasteiger partial charge in [-0.3, -0.25) is 9.80 Å². The molecule has 0 saturated carbocycles. The fourth-order valence-corrected chi connectivity index (χ4v) is 3.84. The maximum absolute atomic E-state index is 14.8. The van der Waals surface area contributed by atoms with Crippen LogP contribution in [0.5, 0.6) is 0 Å². The van der Waals surface area contributed by atoms with Crippen LogP contribution in [-0.2, 0) is 11.3 Å². The number of carbonyl (C=O) groups excluding carboxylic acids is 1. The second-order valence-electron chi connectivity index (χ2n) is 7.27. The minimum atomic E-state index is -0.723. The average Bonchev–Trinajstić information content (AvgIpc) is 3.10. The van der Waals surface area contributed by atoms with Crippen LogP contribution in [0.2, 0.25) is 0 Å². The molecule has 2 aliphatic rings. The molecule has 1 amide bonds. The molecule has 0 spiro atoms. The summed E-state index contributed by atoms with van der Waals surface area (Å²) in [6, 6.07) is 11.7. The molecule has 2 aromatic carbocycles. The summed E-state index contributed by atoms with van der Waals surface area (Å²) in [5, 5.41) is 9.37. The van der Waals surface area contributed by atoms with Gasteiger partial charge in [-0.2, -0.15) is 0 Å². The van der Waals surface area contributed by atoms with E-state index in [-0.39, 0.29) is 24.5 Å². The smallest absolute Gasteiger partial charge is 0.414 e. The highest BCUT2D eigenvalue weighted by molar-refractivity contribution is 5.90. The summed E-state index contributed by atoms with van der Waals surface area (Å²) in [5.41, 5.74) is 1.81. The van der Waals surface area contributed by atoms with Gasteiger partial charge in [0.15, 0.2) is 0 Å². The minimum absolute atomic E-state index is 0.0112. The first-order valence-corrected chi connectivity index (χ1v) is 9.58. The fourth-order valence-electron chi connectivity index (χ4n) is 3.84. The number of cyclic esters (lactones) is 1. The lowest BCUT2D eigenvalue weighted by Gasteiger charge is -2.27. The molecule has 2 aromatic rings. The molecule has 0 bridgehead atoms. The third kappa shape index (κ3) is 4.02. The highest BCUT2D eigenvalue weighted by Gasteiger charge is 2.35. The van der Waals surface area contributed by atoms with E-state index >= 15 is 0 Å². The van der Waals surface area contributed by atoms with Gasteiger partial charge >= 0.3 is 6.09 Å². The van der Waals surface area contributed by atoms with Crippen molar-refractivity contribution in [2.24, 2.45) is 0 Å². The van der Waals surface area contributed by atoms with Gasteiger partial charge in [0.25, 0.3) is 0 Å². The van der Waals surface area contributed by atoms with Crippen molar-refractivity contribution in [2.45, 2.75) is 19.0 Å². The van der Waals surface area contributed by atoms with E-state index in [1.165, 1.54) is 5.56 Å². The predicted octanol–water partition coefficient (Wildman–Crippen LogP) is 3.57. The average molecular weight is 400 g/mol. The van der Waals surface area contributed by atoms with Crippen molar-refractivity contribution >= 4 is 17.4 Å². The van der Waals surface area contributed by atoms with Crippen molar-refractivity contribution in [1.82, 2.24) is 4.90 Å². The number of benzene rings is 2. The van der Waals surface area contributed by atoms with Crippen LogP contribution in [0.1, 0.15) is 17.5 Å². The maximum Gasteiger partial charge on any atom is 0.414 e. The summed E-state index contributed by atoms with van der Waals surface area (Å²) in [5.74, 6) is -1.45. The van der Waals surface area contributed by atoms with Crippen LogP contribution in [0.25, 0.3) is 5.57 Å². The number of nitrogens with zero attached hydrogens (tertiary/aromatic N) is 2. The first-order chi connectivity index (χ1) is 14.1.